The van der Waals surface area contributed by atoms with Crippen LogP contribution < -0.4 is 0 Å². The topological polar surface area (TPSA) is 148 Å². The lowest BCUT2D eigenvalue weighted by atomic mass is 9.95. The highest BCUT2D eigenvalue weighted by Gasteiger charge is 2.52. The third-order valence-corrected chi connectivity index (χ3v) is 5.10. The molecule has 1 aromatic heterocycles. The maximum absolute atomic E-state index is 13.8. The highest BCUT2D eigenvalue weighted by molar-refractivity contribution is 5.67. The minimum atomic E-state index is -1.67. The van der Waals surface area contributed by atoms with Crippen LogP contribution >= 0.6 is 0 Å². The predicted octanol–water partition coefficient (Wildman–Crippen LogP) is 1.41. The summed E-state index contributed by atoms with van der Waals surface area (Å²) in [5.41, 5.74) is -0.284. The third-order valence-electron chi connectivity index (χ3n) is 5.10. The Balaban J connectivity index is 2.11. The van der Waals surface area contributed by atoms with Gasteiger partial charge in [-0.25, -0.2) is 17.9 Å². The van der Waals surface area contributed by atoms with Crippen molar-refractivity contribution in [3.05, 3.63) is 35.8 Å². The zero-order valence-electron chi connectivity index (χ0n) is 20.1. The number of rotatable bonds is 8. The van der Waals surface area contributed by atoms with E-state index in [-0.39, 0.29) is 11.3 Å². The van der Waals surface area contributed by atoms with E-state index < -0.39 is 78.9 Å². The van der Waals surface area contributed by atoms with Gasteiger partial charge in [-0.15, -0.1) is 5.10 Å². The number of hydrogen-bond donors (Lipinski definition) is 1. The molecule has 6 atom stereocenters. The lowest BCUT2D eigenvalue weighted by Crippen LogP contribution is -2.59. The standard InChI is InChI=1S/C22H24F3N3O9/c1-9(29)33-8-17-20(34-10(2)30)19(21(35-11(3)31)22(37-17)36-12(4)32)28-7-16(26-27-28)13-5-14(23)18(25)15(24)6-13/h5-7,12,17,19-22,32H,8H2,1-4H3/t12?,17?,19?,20-,21?,22+/m0/s1. The van der Waals surface area contributed by atoms with E-state index in [0.29, 0.717) is 12.1 Å². The van der Waals surface area contributed by atoms with Gasteiger partial charge in [0, 0.05) is 26.3 Å². The number of esters is 3. The quantitative estimate of drug-likeness (QED) is 0.228. The van der Waals surface area contributed by atoms with Gasteiger partial charge in [0.05, 0.1) is 6.20 Å². The number of carbonyl (C=O) groups is 3. The van der Waals surface area contributed by atoms with Crippen LogP contribution in [0.4, 0.5) is 13.2 Å². The van der Waals surface area contributed by atoms with E-state index in [0.717, 1.165) is 25.5 Å². The second-order valence-corrected chi connectivity index (χ2v) is 8.06. The molecular weight excluding hydrogens is 507 g/mol. The molecule has 0 aliphatic carbocycles. The molecule has 3 rings (SSSR count). The first-order chi connectivity index (χ1) is 17.4. The summed E-state index contributed by atoms with van der Waals surface area (Å²) in [4.78, 5) is 35.3. The van der Waals surface area contributed by atoms with Crippen LogP contribution in [0.15, 0.2) is 18.3 Å². The summed E-state index contributed by atoms with van der Waals surface area (Å²) in [5, 5.41) is 17.6. The number of nitrogens with zero attached hydrogens (tertiary/aromatic N) is 3. The predicted molar refractivity (Wildman–Crippen MR) is 114 cm³/mol. The molecule has 0 spiro atoms. The molecular formula is C22H24F3N3O9. The Bertz CT molecular complexity index is 1140. The van der Waals surface area contributed by atoms with E-state index >= 15 is 0 Å². The molecule has 0 saturated carbocycles. The molecule has 1 saturated heterocycles. The van der Waals surface area contributed by atoms with Gasteiger partial charge in [0.1, 0.15) is 24.4 Å². The van der Waals surface area contributed by atoms with Crippen LogP contribution in [0.2, 0.25) is 0 Å². The Morgan fingerprint density at radius 3 is 2.19 bits per heavy atom. The molecule has 1 N–H and O–H groups in total. The molecule has 2 aromatic rings. The van der Waals surface area contributed by atoms with Gasteiger partial charge in [0.25, 0.3) is 0 Å². The lowest BCUT2D eigenvalue weighted by molar-refractivity contribution is -0.321. The molecule has 1 aromatic carbocycles. The van der Waals surface area contributed by atoms with Crippen LogP contribution in [0.1, 0.15) is 33.7 Å². The van der Waals surface area contributed by atoms with Crippen LogP contribution in [0.25, 0.3) is 11.3 Å². The Kier molecular flexibility index (Phi) is 8.83. The van der Waals surface area contributed by atoms with Crippen LogP contribution in [-0.2, 0) is 38.1 Å². The minimum absolute atomic E-state index is 0.114. The monoisotopic (exact) mass is 531 g/mol. The Morgan fingerprint density at radius 2 is 1.65 bits per heavy atom. The van der Waals surface area contributed by atoms with Crippen LogP contribution in [0.5, 0.6) is 0 Å². The average molecular weight is 531 g/mol. The summed E-state index contributed by atoms with van der Waals surface area (Å²) in [6, 6.07) is 0.140. The van der Waals surface area contributed by atoms with E-state index in [1.54, 1.807) is 0 Å². The fourth-order valence-electron chi connectivity index (χ4n) is 3.75. The molecule has 2 heterocycles. The lowest BCUT2D eigenvalue weighted by Gasteiger charge is -2.44. The number of benzene rings is 1. The Labute approximate surface area is 208 Å². The summed E-state index contributed by atoms with van der Waals surface area (Å²) in [7, 11) is 0. The van der Waals surface area contributed by atoms with Gasteiger partial charge in [-0.05, 0) is 19.1 Å². The molecule has 15 heteroatoms. The van der Waals surface area contributed by atoms with Crippen molar-refractivity contribution in [1.29, 1.82) is 0 Å². The number of aliphatic hydroxyl groups is 1. The summed E-state index contributed by atoms with van der Waals surface area (Å²) >= 11 is 0. The van der Waals surface area contributed by atoms with Crippen molar-refractivity contribution in [3.63, 3.8) is 0 Å². The Hall–Kier alpha value is -3.56. The number of carbonyl (C=O) groups excluding carboxylic acids is 3. The van der Waals surface area contributed by atoms with Gasteiger partial charge in [-0.2, -0.15) is 0 Å². The number of ether oxygens (including phenoxy) is 5. The van der Waals surface area contributed by atoms with Crippen molar-refractivity contribution in [1.82, 2.24) is 15.0 Å². The highest BCUT2D eigenvalue weighted by Crippen LogP contribution is 2.36. The second kappa shape index (κ2) is 11.7. The molecule has 0 radical (unpaired) electrons. The SMILES string of the molecule is CC(=O)OCC1O[C@@H](OC(C)O)C(OC(C)=O)C(n2cc(-c3cc(F)c(F)c(F)c3)nn2)[C@H]1OC(C)=O. The maximum atomic E-state index is 13.8. The van der Waals surface area contributed by atoms with Crippen molar-refractivity contribution in [2.75, 3.05) is 6.61 Å². The normalized spacial score (nSPS) is 24.3. The number of hydrogen-bond acceptors (Lipinski definition) is 11. The van der Waals surface area contributed by atoms with Gasteiger partial charge >= 0.3 is 17.9 Å². The van der Waals surface area contributed by atoms with E-state index in [9.17, 15) is 32.7 Å². The van der Waals surface area contributed by atoms with E-state index in [2.05, 4.69) is 10.3 Å². The fraction of sp³-hybridized carbons (Fsp3) is 0.500. The zero-order valence-corrected chi connectivity index (χ0v) is 20.1. The fourth-order valence-corrected chi connectivity index (χ4v) is 3.75. The highest BCUT2D eigenvalue weighted by atomic mass is 19.2. The van der Waals surface area contributed by atoms with E-state index in [1.807, 2.05) is 0 Å². The smallest absolute Gasteiger partial charge is 0.303 e. The first-order valence-electron chi connectivity index (χ1n) is 10.9. The van der Waals surface area contributed by atoms with Crippen molar-refractivity contribution in [2.45, 2.75) is 64.6 Å². The van der Waals surface area contributed by atoms with Crippen LogP contribution in [-0.4, -0.2) is 75.5 Å². The molecule has 1 aliphatic heterocycles. The van der Waals surface area contributed by atoms with Crippen LogP contribution in [0.3, 0.4) is 0 Å². The minimum Gasteiger partial charge on any atom is -0.463 e. The van der Waals surface area contributed by atoms with Gasteiger partial charge in [-0.3, -0.25) is 14.4 Å². The van der Waals surface area contributed by atoms with Crippen LogP contribution in [0, 0.1) is 17.5 Å². The first kappa shape index (κ1) is 28.0. The number of aliphatic hydroxyl groups excluding tert-OH is 1. The molecule has 0 bridgehead atoms. The van der Waals surface area contributed by atoms with Crippen molar-refractivity contribution in [2.24, 2.45) is 0 Å². The zero-order chi connectivity index (χ0) is 27.4. The second-order valence-electron chi connectivity index (χ2n) is 8.06. The maximum Gasteiger partial charge on any atom is 0.303 e. The summed E-state index contributed by atoms with van der Waals surface area (Å²) < 4.78 is 69.0. The molecule has 202 valence electrons. The van der Waals surface area contributed by atoms with Gasteiger partial charge in [-0.1, -0.05) is 5.21 Å². The van der Waals surface area contributed by atoms with Gasteiger partial charge in [0.2, 0.25) is 6.29 Å². The average Bonchev–Trinajstić information content (AvgIpc) is 3.26. The van der Waals surface area contributed by atoms with Gasteiger partial charge in [0.15, 0.2) is 35.9 Å². The molecule has 12 nitrogen and oxygen atoms in total. The van der Waals surface area contributed by atoms with E-state index in [1.165, 1.54) is 13.1 Å². The third kappa shape index (κ3) is 6.81. The molecule has 37 heavy (non-hydrogen) atoms. The molecule has 4 unspecified atom stereocenters. The molecule has 0 amide bonds. The summed E-state index contributed by atoms with van der Waals surface area (Å²) in [5.74, 6) is -6.86. The molecule has 1 aliphatic rings. The molecule has 1 fully saturated rings. The van der Waals surface area contributed by atoms with Gasteiger partial charge < -0.3 is 28.8 Å². The van der Waals surface area contributed by atoms with Crippen molar-refractivity contribution < 1.29 is 56.3 Å². The first-order valence-corrected chi connectivity index (χ1v) is 10.9. The summed E-state index contributed by atoms with van der Waals surface area (Å²) in [6.07, 6.45) is -5.67. The number of aromatic nitrogens is 3. The van der Waals surface area contributed by atoms with E-state index in [4.69, 9.17) is 23.7 Å². The number of halogens is 3. The van der Waals surface area contributed by atoms with Crippen molar-refractivity contribution >= 4 is 17.9 Å². The largest absolute Gasteiger partial charge is 0.463 e. The Morgan fingerprint density at radius 1 is 1.05 bits per heavy atom. The summed E-state index contributed by atoms with van der Waals surface area (Å²) in [6.45, 7) is 4.13. The van der Waals surface area contributed by atoms with Crippen molar-refractivity contribution in [3.8, 4) is 11.3 Å².